The van der Waals surface area contributed by atoms with Crippen LogP contribution in [0.4, 0.5) is 0 Å². The number of likely N-dealkylation sites (tertiary alicyclic amines) is 1. The van der Waals surface area contributed by atoms with Crippen LogP contribution in [0.5, 0.6) is 0 Å². The third-order valence-corrected chi connectivity index (χ3v) is 5.37. The zero-order valence-electron chi connectivity index (χ0n) is 15.3. The molecule has 6 nitrogen and oxygen atoms in total. The number of nitrogens with zero attached hydrogens (tertiary/aromatic N) is 3. The highest BCUT2D eigenvalue weighted by Crippen LogP contribution is 2.36. The quantitative estimate of drug-likeness (QED) is 0.773. The van der Waals surface area contributed by atoms with Crippen molar-refractivity contribution in [3.05, 3.63) is 72.1 Å². The lowest BCUT2D eigenvalue weighted by Crippen LogP contribution is -2.46. The van der Waals surface area contributed by atoms with Gasteiger partial charge in [-0.3, -0.25) is 9.89 Å². The van der Waals surface area contributed by atoms with E-state index in [1.807, 2.05) is 47.4 Å². The van der Waals surface area contributed by atoms with Crippen LogP contribution in [0.25, 0.3) is 11.4 Å². The van der Waals surface area contributed by atoms with E-state index < -0.39 is 0 Å². The average Bonchev–Trinajstić information content (AvgIpc) is 3.29. The summed E-state index contributed by atoms with van der Waals surface area (Å²) in [5, 5.41) is 6.68. The largest absolute Gasteiger partial charge is 0.373 e. The third-order valence-electron chi connectivity index (χ3n) is 5.37. The summed E-state index contributed by atoms with van der Waals surface area (Å²) in [5.41, 5.74) is 2.46. The normalized spacial score (nSPS) is 16.3. The Kier molecular flexibility index (Phi) is 4.73. The van der Waals surface area contributed by atoms with E-state index in [-0.39, 0.29) is 11.5 Å². The van der Waals surface area contributed by atoms with Gasteiger partial charge in [-0.25, -0.2) is 4.98 Å². The topological polar surface area (TPSA) is 71.1 Å². The van der Waals surface area contributed by atoms with Gasteiger partial charge in [0, 0.05) is 31.3 Å². The van der Waals surface area contributed by atoms with Crippen LogP contribution < -0.4 is 0 Å². The lowest BCUT2D eigenvalue weighted by Gasteiger charge is -2.41. The molecule has 0 atom stereocenters. The SMILES string of the molecule is COC1(c2ccccc2)CCN(C(=O)c2ccc(-c3ncn[nH]3)cc2)CC1. The highest BCUT2D eigenvalue weighted by molar-refractivity contribution is 5.94. The fraction of sp³-hybridized carbons (Fsp3) is 0.286. The van der Waals surface area contributed by atoms with Gasteiger partial charge in [0.15, 0.2) is 5.82 Å². The molecule has 1 aromatic heterocycles. The maximum Gasteiger partial charge on any atom is 0.253 e. The van der Waals surface area contributed by atoms with Crippen molar-refractivity contribution in [2.45, 2.75) is 18.4 Å². The number of ether oxygens (including phenoxy) is 1. The van der Waals surface area contributed by atoms with Gasteiger partial charge in [0.25, 0.3) is 5.91 Å². The summed E-state index contributed by atoms with van der Waals surface area (Å²) in [7, 11) is 1.76. The Morgan fingerprint density at radius 2 is 1.78 bits per heavy atom. The molecule has 138 valence electrons. The minimum absolute atomic E-state index is 0.0527. The van der Waals surface area contributed by atoms with Crippen LogP contribution in [0.2, 0.25) is 0 Å². The predicted octanol–water partition coefficient (Wildman–Crippen LogP) is 3.25. The van der Waals surface area contributed by atoms with Crippen LogP contribution in [0.15, 0.2) is 60.9 Å². The molecule has 2 aromatic carbocycles. The molecule has 1 saturated heterocycles. The predicted molar refractivity (Wildman–Crippen MR) is 102 cm³/mol. The van der Waals surface area contributed by atoms with E-state index in [0.717, 1.165) is 18.4 Å². The van der Waals surface area contributed by atoms with Gasteiger partial charge in [0.2, 0.25) is 0 Å². The van der Waals surface area contributed by atoms with E-state index in [1.165, 1.54) is 11.9 Å². The molecule has 4 rings (SSSR count). The van der Waals surface area contributed by atoms with E-state index in [2.05, 4.69) is 27.3 Å². The van der Waals surface area contributed by atoms with Crippen molar-refractivity contribution in [1.82, 2.24) is 20.1 Å². The first-order valence-electron chi connectivity index (χ1n) is 9.08. The average molecular weight is 362 g/mol. The fourth-order valence-electron chi connectivity index (χ4n) is 3.72. The smallest absolute Gasteiger partial charge is 0.253 e. The van der Waals surface area contributed by atoms with Crippen molar-refractivity contribution in [2.75, 3.05) is 20.2 Å². The van der Waals surface area contributed by atoms with Gasteiger partial charge in [-0.2, -0.15) is 5.10 Å². The summed E-state index contributed by atoms with van der Waals surface area (Å²) in [6, 6.07) is 17.7. The molecule has 1 aliphatic heterocycles. The van der Waals surface area contributed by atoms with Crippen LogP contribution in [-0.2, 0) is 10.3 Å². The summed E-state index contributed by atoms with van der Waals surface area (Å²) in [6.07, 6.45) is 3.04. The van der Waals surface area contributed by atoms with Gasteiger partial charge in [0.1, 0.15) is 6.33 Å². The van der Waals surface area contributed by atoms with E-state index in [4.69, 9.17) is 4.74 Å². The van der Waals surface area contributed by atoms with Crippen LogP contribution in [0, 0.1) is 0 Å². The molecule has 0 radical (unpaired) electrons. The molecule has 1 aliphatic rings. The molecule has 6 heteroatoms. The van der Waals surface area contributed by atoms with Gasteiger partial charge >= 0.3 is 0 Å². The molecular formula is C21H22N4O2. The summed E-state index contributed by atoms with van der Waals surface area (Å²) in [6.45, 7) is 1.34. The van der Waals surface area contributed by atoms with Crippen LogP contribution in [-0.4, -0.2) is 46.2 Å². The lowest BCUT2D eigenvalue weighted by molar-refractivity contribution is -0.0574. The first kappa shape index (κ1) is 17.4. The zero-order chi connectivity index (χ0) is 18.7. The Morgan fingerprint density at radius 3 is 2.37 bits per heavy atom. The third kappa shape index (κ3) is 3.36. The number of carbonyl (C=O) groups is 1. The van der Waals surface area contributed by atoms with Crippen molar-refractivity contribution in [2.24, 2.45) is 0 Å². The van der Waals surface area contributed by atoms with Crippen LogP contribution >= 0.6 is 0 Å². The zero-order valence-corrected chi connectivity index (χ0v) is 15.3. The Bertz CT molecular complexity index is 884. The number of carbonyl (C=O) groups excluding carboxylic acids is 1. The molecule has 0 unspecified atom stereocenters. The molecule has 1 fully saturated rings. The molecule has 0 bridgehead atoms. The highest BCUT2D eigenvalue weighted by atomic mass is 16.5. The minimum atomic E-state index is -0.311. The molecule has 1 N–H and O–H groups in total. The monoisotopic (exact) mass is 362 g/mol. The maximum atomic E-state index is 12.9. The number of rotatable bonds is 4. The van der Waals surface area contributed by atoms with E-state index in [9.17, 15) is 4.79 Å². The number of hydrogen-bond donors (Lipinski definition) is 1. The van der Waals surface area contributed by atoms with Crippen LogP contribution in [0.1, 0.15) is 28.8 Å². The molecule has 0 aliphatic carbocycles. The molecule has 0 spiro atoms. The van der Waals surface area contributed by atoms with Gasteiger partial charge < -0.3 is 9.64 Å². The van der Waals surface area contributed by atoms with Gasteiger partial charge in [-0.05, 0) is 30.5 Å². The molecule has 3 aromatic rings. The molecule has 1 amide bonds. The van der Waals surface area contributed by atoms with Gasteiger partial charge in [-0.15, -0.1) is 0 Å². The summed E-state index contributed by atoms with van der Waals surface area (Å²) in [5.74, 6) is 0.747. The summed E-state index contributed by atoms with van der Waals surface area (Å²) in [4.78, 5) is 18.9. The van der Waals surface area contributed by atoms with Crippen molar-refractivity contribution in [3.8, 4) is 11.4 Å². The lowest BCUT2D eigenvalue weighted by atomic mass is 9.84. The summed E-state index contributed by atoms with van der Waals surface area (Å²) < 4.78 is 5.90. The Hall–Kier alpha value is -2.99. The van der Waals surface area contributed by atoms with Crippen LogP contribution in [0.3, 0.4) is 0 Å². The summed E-state index contributed by atoms with van der Waals surface area (Å²) >= 11 is 0. The minimum Gasteiger partial charge on any atom is -0.373 e. The van der Waals surface area contributed by atoms with E-state index in [0.29, 0.717) is 24.5 Å². The Balaban J connectivity index is 1.45. The van der Waals surface area contributed by atoms with E-state index in [1.54, 1.807) is 7.11 Å². The standard InChI is InChI=1S/C21H22N4O2/c1-27-21(18-5-3-2-4-6-18)11-13-25(14-12-21)20(26)17-9-7-16(8-10-17)19-22-15-23-24-19/h2-10,15H,11-14H2,1H3,(H,22,23,24). The number of H-pyrrole nitrogens is 1. The van der Waals surface area contributed by atoms with E-state index >= 15 is 0 Å². The second-order valence-electron chi connectivity index (χ2n) is 6.77. The van der Waals surface area contributed by atoms with Gasteiger partial charge in [0.05, 0.1) is 5.60 Å². The number of amides is 1. The molecule has 27 heavy (non-hydrogen) atoms. The number of aromatic amines is 1. The van der Waals surface area contributed by atoms with Crippen molar-refractivity contribution >= 4 is 5.91 Å². The fourth-order valence-corrected chi connectivity index (χ4v) is 3.72. The number of nitrogens with one attached hydrogen (secondary N) is 1. The Morgan fingerprint density at radius 1 is 1.07 bits per heavy atom. The second kappa shape index (κ2) is 7.32. The number of aromatic nitrogens is 3. The first-order valence-corrected chi connectivity index (χ1v) is 9.08. The van der Waals surface area contributed by atoms with Crippen molar-refractivity contribution < 1.29 is 9.53 Å². The molecule has 2 heterocycles. The highest BCUT2D eigenvalue weighted by Gasteiger charge is 2.37. The van der Waals surface area contributed by atoms with Gasteiger partial charge in [-0.1, -0.05) is 42.5 Å². The number of methoxy groups -OCH3 is 1. The maximum absolute atomic E-state index is 12.9. The van der Waals surface area contributed by atoms with Crippen molar-refractivity contribution in [1.29, 1.82) is 0 Å². The molecule has 0 saturated carbocycles. The number of hydrogen-bond acceptors (Lipinski definition) is 4. The van der Waals surface area contributed by atoms with Crippen molar-refractivity contribution in [3.63, 3.8) is 0 Å². The Labute approximate surface area is 158 Å². The number of benzene rings is 2. The molecular weight excluding hydrogens is 340 g/mol. The number of piperidine rings is 1. The second-order valence-corrected chi connectivity index (χ2v) is 6.77. The first-order chi connectivity index (χ1) is 13.2.